The van der Waals surface area contributed by atoms with Crippen molar-refractivity contribution in [2.24, 2.45) is 0 Å². The molecule has 0 N–H and O–H groups in total. The Labute approximate surface area is 81.7 Å². The zero-order valence-electron chi connectivity index (χ0n) is 9.37. The smallest absolute Gasteiger partial charge is 0.267 e. The van der Waals surface area contributed by atoms with Gasteiger partial charge in [-0.1, -0.05) is 6.92 Å². The quantitative estimate of drug-likeness (QED) is 0.465. The standard InChI is InChI=1S/C10H21N2O/c1-6-7-11(8-13)12(9(2)3)10(4)5/h9-10H,6-7H2,1-5H3. The molecule has 0 unspecified atom stereocenters. The van der Waals surface area contributed by atoms with Gasteiger partial charge >= 0.3 is 6.41 Å². The molecule has 0 spiro atoms. The van der Waals surface area contributed by atoms with Gasteiger partial charge in [0.1, 0.15) is 0 Å². The van der Waals surface area contributed by atoms with E-state index in [4.69, 9.17) is 0 Å². The molecular formula is C10H21N2O. The molecule has 0 aliphatic heterocycles. The average molecular weight is 185 g/mol. The number of carbonyl (C=O) groups excluding carboxylic acids is 1. The van der Waals surface area contributed by atoms with Gasteiger partial charge in [-0.3, -0.25) is 9.80 Å². The maximum Gasteiger partial charge on any atom is 0.327 e. The van der Waals surface area contributed by atoms with E-state index in [0.29, 0.717) is 12.1 Å². The summed E-state index contributed by atoms with van der Waals surface area (Å²) in [6.07, 6.45) is 2.94. The zero-order valence-corrected chi connectivity index (χ0v) is 9.37. The molecule has 13 heavy (non-hydrogen) atoms. The molecule has 3 nitrogen and oxygen atoms in total. The SMILES string of the molecule is CCCN([C]=O)N(C(C)C)C(C)C. The summed E-state index contributed by atoms with van der Waals surface area (Å²) in [5, 5.41) is 3.70. The zero-order chi connectivity index (χ0) is 10.4. The number of hydrogen-bond donors (Lipinski definition) is 0. The lowest BCUT2D eigenvalue weighted by Gasteiger charge is -2.37. The fraction of sp³-hybridized carbons (Fsp3) is 0.900. The monoisotopic (exact) mass is 185 g/mol. The summed E-state index contributed by atoms with van der Waals surface area (Å²) in [7, 11) is 0. The van der Waals surface area contributed by atoms with Gasteiger partial charge in [-0.2, -0.15) is 0 Å². The molecule has 0 bridgehead atoms. The van der Waals surface area contributed by atoms with E-state index in [-0.39, 0.29) is 0 Å². The van der Waals surface area contributed by atoms with Crippen molar-refractivity contribution in [3.05, 3.63) is 0 Å². The molecular weight excluding hydrogens is 164 g/mol. The van der Waals surface area contributed by atoms with Crippen LogP contribution in [0.2, 0.25) is 0 Å². The van der Waals surface area contributed by atoms with Crippen molar-refractivity contribution in [2.45, 2.75) is 53.1 Å². The Bertz CT molecular complexity index is 138. The highest BCUT2D eigenvalue weighted by Crippen LogP contribution is 2.08. The lowest BCUT2D eigenvalue weighted by Crippen LogP contribution is -2.50. The summed E-state index contributed by atoms with van der Waals surface area (Å²) in [5.41, 5.74) is 0. The summed E-state index contributed by atoms with van der Waals surface area (Å²) in [6.45, 7) is 11.1. The Kier molecular flexibility index (Phi) is 5.71. The van der Waals surface area contributed by atoms with Crippen LogP contribution in [0.25, 0.3) is 0 Å². The molecule has 0 fully saturated rings. The minimum absolute atomic E-state index is 0.341. The highest BCUT2D eigenvalue weighted by molar-refractivity contribution is 5.47. The normalized spacial score (nSPS) is 11.4. The highest BCUT2D eigenvalue weighted by atomic mass is 16.1. The summed E-state index contributed by atoms with van der Waals surface area (Å²) >= 11 is 0. The van der Waals surface area contributed by atoms with E-state index in [2.05, 4.69) is 39.6 Å². The van der Waals surface area contributed by atoms with Crippen LogP contribution in [0.3, 0.4) is 0 Å². The second-order valence-electron chi connectivity index (χ2n) is 3.78. The highest BCUT2D eigenvalue weighted by Gasteiger charge is 2.19. The predicted octanol–water partition coefficient (Wildman–Crippen LogP) is 1.80. The van der Waals surface area contributed by atoms with Gasteiger partial charge in [0, 0.05) is 18.6 Å². The number of nitrogens with zero attached hydrogens (tertiary/aromatic N) is 2. The summed E-state index contributed by atoms with van der Waals surface area (Å²) in [5.74, 6) is 0. The Morgan fingerprint density at radius 1 is 1.15 bits per heavy atom. The number of hydrazine groups is 1. The Hall–Kier alpha value is -0.570. The lowest BCUT2D eigenvalue weighted by molar-refractivity contribution is -0.0190. The Morgan fingerprint density at radius 2 is 1.62 bits per heavy atom. The molecule has 0 saturated heterocycles. The van der Waals surface area contributed by atoms with Crippen LogP contribution in [0.1, 0.15) is 41.0 Å². The average Bonchev–Trinajstić information content (AvgIpc) is 2.02. The van der Waals surface area contributed by atoms with Crippen LogP contribution >= 0.6 is 0 Å². The molecule has 1 radical (unpaired) electrons. The summed E-state index contributed by atoms with van der Waals surface area (Å²) in [4.78, 5) is 10.7. The number of amides is 1. The molecule has 0 aromatic carbocycles. The Morgan fingerprint density at radius 3 is 1.85 bits per heavy atom. The third-order valence-corrected chi connectivity index (χ3v) is 1.88. The lowest BCUT2D eigenvalue weighted by atomic mass is 10.3. The first-order chi connectivity index (χ1) is 6.04. The third-order valence-electron chi connectivity index (χ3n) is 1.88. The van der Waals surface area contributed by atoms with Crippen molar-refractivity contribution in [1.82, 2.24) is 10.0 Å². The van der Waals surface area contributed by atoms with Gasteiger partial charge in [0.2, 0.25) is 0 Å². The minimum atomic E-state index is 0.341. The first-order valence-corrected chi connectivity index (χ1v) is 4.98. The topological polar surface area (TPSA) is 23.6 Å². The van der Waals surface area contributed by atoms with Crippen LogP contribution in [0, 0.1) is 0 Å². The van der Waals surface area contributed by atoms with Crippen molar-refractivity contribution in [3.63, 3.8) is 0 Å². The molecule has 0 heterocycles. The van der Waals surface area contributed by atoms with Crippen LogP contribution < -0.4 is 0 Å². The molecule has 0 rings (SSSR count). The molecule has 0 aliphatic carbocycles. The molecule has 0 saturated carbocycles. The molecule has 1 amide bonds. The van der Waals surface area contributed by atoms with Gasteiger partial charge in [-0.15, -0.1) is 0 Å². The van der Waals surface area contributed by atoms with Gasteiger partial charge in [0.15, 0.2) is 0 Å². The van der Waals surface area contributed by atoms with Gasteiger partial charge in [-0.25, -0.2) is 5.01 Å². The fourth-order valence-electron chi connectivity index (χ4n) is 1.57. The van der Waals surface area contributed by atoms with Crippen LogP contribution in [-0.4, -0.2) is 35.1 Å². The molecule has 0 atom stereocenters. The van der Waals surface area contributed by atoms with Crippen LogP contribution in [0.5, 0.6) is 0 Å². The minimum Gasteiger partial charge on any atom is -0.267 e. The second kappa shape index (κ2) is 5.97. The first kappa shape index (κ1) is 12.4. The van der Waals surface area contributed by atoms with Crippen molar-refractivity contribution in [3.8, 4) is 0 Å². The van der Waals surface area contributed by atoms with E-state index < -0.39 is 0 Å². The van der Waals surface area contributed by atoms with Gasteiger partial charge < -0.3 is 0 Å². The maximum absolute atomic E-state index is 10.7. The van der Waals surface area contributed by atoms with Crippen molar-refractivity contribution in [2.75, 3.05) is 6.54 Å². The van der Waals surface area contributed by atoms with E-state index in [0.717, 1.165) is 13.0 Å². The molecule has 0 aliphatic rings. The van der Waals surface area contributed by atoms with Crippen molar-refractivity contribution >= 4 is 6.41 Å². The maximum atomic E-state index is 10.7. The van der Waals surface area contributed by atoms with E-state index in [1.807, 2.05) is 6.41 Å². The van der Waals surface area contributed by atoms with Gasteiger partial charge in [-0.05, 0) is 34.1 Å². The van der Waals surface area contributed by atoms with Crippen molar-refractivity contribution in [1.29, 1.82) is 0 Å². The molecule has 0 aromatic rings. The predicted molar refractivity (Wildman–Crippen MR) is 54.8 cm³/mol. The van der Waals surface area contributed by atoms with E-state index in [1.54, 1.807) is 5.01 Å². The summed E-state index contributed by atoms with van der Waals surface area (Å²) in [6, 6.07) is 0.681. The van der Waals surface area contributed by atoms with Crippen LogP contribution in [0.4, 0.5) is 0 Å². The van der Waals surface area contributed by atoms with E-state index in [1.165, 1.54) is 0 Å². The molecule has 3 heteroatoms. The third kappa shape index (κ3) is 3.77. The van der Waals surface area contributed by atoms with Crippen LogP contribution in [0.15, 0.2) is 0 Å². The fourth-order valence-corrected chi connectivity index (χ4v) is 1.57. The largest absolute Gasteiger partial charge is 0.327 e. The van der Waals surface area contributed by atoms with Gasteiger partial charge in [0.25, 0.3) is 0 Å². The van der Waals surface area contributed by atoms with E-state index in [9.17, 15) is 4.79 Å². The molecule has 0 aromatic heterocycles. The number of hydrogen-bond acceptors (Lipinski definition) is 2. The Balaban J connectivity index is 4.38. The van der Waals surface area contributed by atoms with Crippen LogP contribution in [-0.2, 0) is 4.79 Å². The molecule has 77 valence electrons. The summed E-state index contributed by atoms with van der Waals surface area (Å²) < 4.78 is 0. The first-order valence-electron chi connectivity index (χ1n) is 4.98. The van der Waals surface area contributed by atoms with E-state index >= 15 is 0 Å². The van der Waals surface area contributed by atoms with Crippen molar-refractivity contribution < 1.29 is 4.79 Å². The number of rotatable bonds is 6. The van der Waals surface area contributed by atoms with Gasteiger partial charge in [0.05, 0.1) is 0 Å². The second-order valence-corrected chi connectivity index (χ2v) is 3.78.